The summed E-state index contributed by atoms with van der Waals surface area (Å²) in [6.07, 6.45) is 3.55. The summed E-state index contributed by atoms with van der Waals surface area (Å²) in [6, 6.07) is 21.2. The van der Waals surface area contributed by atoms with Crippen molar-refractivity contribution in [1.82, 2.24) is 5.06 Å². The number of hydrogen-bond acceptors (Lipinski definition) is 7. The lowest BCUT2D eigenvalue weighted by Gasteiger charge is -2.24. The average Bonchev–Trinajstić information content (AvgIpc) is 3.55. The highest BCUT2D eigenvalue weighted by atomic mass is 35.5. The van der Waals surface area contributed by atoms with Crippen LogP contribution in [0.15, 0.2) is 93.1 Å². The molecule has 1 amide bonds. The van der Waals surface area contributed by atoms with Crippen LogP contribution in [0.3, 0.4) is 0 Å². The van der Waals surface area contributed by atoms with Crippen LogP contribution in [0.2, 0.25) is 10.0 Å². The Labute approximate surface area is 277 Å². The molecule has 45 heavy (non-hydrogen) atoms. The number of ketones is 2. The number of Topliss-reactive ketones (excluding diaryl/α,β-unsaturated/α-hetero) is 2. The Morgan fingerprint density at radius 3 is 2.24 bits per heavy atom. The summed E-state index contributed by atoms with van der Waals surface area (Å²) in [5.74, 6) is -0.461. The van der Waals surface area contributed by atoms with Gasteiger partial charge in [0.1, 0.15) is 0 Å². The molecule has 2 bridgehead atoms. The number of nitrogens with zero attached hydrogens (tertiary/aromatic N) is 1. The highest BCUT2D eigenvalue weighted by Crippen LogP contribution is 2.50. The highest BCUT2D eigenvalue weighted by molar-refractivity contribution is 8.03. The zero-order chi connectivity index (χ0) is 32.5. The fraction of sp³-hybridized carbons (Fsp3) is 0.324. The number of carbonyl (C=O) groups is 3. The molecule has 2 aliphatic carbocycles. The number of sulfone groups is 1. The second-order valence-electron chi connectivity index (χ2n) is 12.1. The molecule has 0 aromatic heterocycles. The normalized spacial score (nSPS) is 20.7. The van der Waals surface area contributed by atoms with Gasteiger partial charge >= 0.3 is 0 Å². The van der Waals surface area contributed by atoms with Gasteiger partial charge in [0.05, 0.1) is 34.1 Å². The number of benzene rings is 3. The number of fused-ring (bicyclic) bond motifs is 2. The first kappa shape index (κ1) is 33.4. The number of thioether (sulfide) groups is 1. The summed E-state index contributed by atoms with van der Waals surface area (Å²) in [5.41, 5.74) is 0.845. The van der Waals surface area contributed by atoms with Crippen molar-refractivity contribution in [2.24, 2.45) is 17.3 Å². The van der Waals surface area contributed by atoms with E-state index >= 15 is 0 Å². The van der Waals surface area contributed by atoms with Gasteiger partial charge in [-0.15, -0.1) is 0 Å². The Kier molecular flexibility index (Phi) is 9.96. The number of halogens is 2. The smallest absolute Gasteiger partial charge is 0.254 e. The van der Waals surface area contributed by atoms with Crippen molar-refractivity contribution in [2.45, 2.75) is 49.4 Å². The number of hydroxylamine groups is 2. The zero-order valence-corrected chi connectivity index (χ0v) is 28.2. The van der Waals surface area contributed by atoms with E-state index in [-0.39, 0.29) is 44.6 Å². The number of hydrogen-bond donors (Lipinski definition) is 0. The third-order valence-electron chi connectivity index (χ3n) is 8.14. The van der Waals surface area contributed by atoms with Gasteiger partial charge in [0.15, 0.2) is 21.4 Å². The van der Waals surface area contributed by atoms with Crippen LogP contribution < -0.4 is 0 Å². The lowest BCUT2D eigenvalue weighted by Crippen LogP contribution is -2.30. The quantitative estimate of drug-likeness (QED) is 0.186. The molecule has 2 atom stereocenters. The van der Waals surface area contributed by atoms with E-state index in [9.17, 15) is 22.8 Å². The molecule has 1 saturated carbocycles. The third-order valence-corrected chi connectivity index (χ3v) is 11.2. The van der Waals surface area contributed by atoms with Gasteiger partial charge in [-0.3, -0.25) is 19.2 Å². The van der Waals surface area contributed by atoms with Gasteiger partial charge in [0.25, 0.3) is 5.91 Å². The van der Waals surface area contributed by atoms with E-state index in [2.05, 4.69) is 0 Å². The van der Waals surface area contributed by atoms with E-state index in [0.717, 1.165) is 40.9 Å². The molecule has 2 fully saturated rings. The molecular formula is C34H33Cl2NO6S2. The van der Waals surface area contributed by atoms with Crippen molar-refractivity contribution in [3.05, 3.63) is 104 Å². The van der Waals surface area contributed by atoms with Crippen molar-refractivity contribution >= 4 is 62.3 Å². The summed E-state index contributed by atoms with van der Waals surface area (Å²) in [5, 5.41) is 2.09. The fourth-order valence-corrected chi connectivity index (χ4v) is 8.00. The van der Waals surface area contributed by atoms with E-state index in [4.69, 9.17) is 28.0 Å². The van der Waals surface area contributed by atoms with Crippen LogP contribution >= 0.6 is 35.0 Å². The lowest BCUT2D eigenvalue weighted by atomic mass is 9.84. The summed E-state index contributed by atoms with van der Waals surface area (Å²) < 4.78 is 23.5. The van der Waals surface area contributed by atoms with Gasteiger partial charge in [-0.05, 0) is 81.0 Å². The van der Waals surface area contributed by atoms with Gasteiger partial charge in [-0.1, -0.05) is 71.4 Å². The van der Waals surface area contributed by atoms with E-state index < -0.39 is 21.0 Å². The minimum atomic E-state index is -3.44. The van der Waals surface area contributed by atoms with Crippen molar-refractivity contribution < 1.29 is 27.6 Å². The Morgan fingerprint density at radius 1 is 0.956 bits per heavy atom. The van der Waals surface area contributed by atoms with Crippen LogP contribution in [0.5, 0.6) is 0 Å². The molecule has 0 unspecified atom stereocenters. The molecule has 7 nitrogen and oxygen atoms in total. The van der Waals surface area contributed by atoms with Gasteiger partial charge in [-0.2, -0.15) is 0 Å². The van der Waals surface area contributed by atoms with Crippen LogP contribution in [-0.2, 0) is 30.8 Å². The maximum absolute atomic E-state index is 13.4. The van der Waals surface area contributed by atoms with E-state index in [0.29, 0.717) is 18.2 Å². The standard InChI is InChI=1S/C22H19ClO4S2.C12H14ClNO2/c1-29(26,27)16-9-10-17(18(23)12-16)21(25)19-20(24)13-7-8-14(11-13)22(19)28-15-5-3-2-4-6-15;1-12(2)8-16-14(11(12)15)7-9-5-3-4-6-10(9)13/h2-6,9-10,12-14H,7-8,11H2,1H3;3-6H,7-8H2,1-2H3/t13-,14+;/m0./s1. The van der Waals surface area contributed by atoms with E-state index in [1.165, 1.54) is 35.0 Å². The van der Waals surface area contributed by atoms with Gasteiger partial charge in [0.2, 0.25) is 0 Å². The SMILES string of the molecule is CC1(C)CON(Cc2ccccc2Cl)C1=O.CS(=O)(=O)c1ccc(C(=O)C2=C(Sc3ccccc3)[C@@H]3CC[C@@H](C3)C2=O)c(Cl)c1. The van der Waals surface area contributed by atoms with E-state index in [1.807, 2.05) is 68.4 Å². The minimum Gasteiger partial charge on any atom is -0.294 e. The summed E-state index contributed by atoms with van der Waals surface area (Å²) in [6.45, 7) is 4.59. The monoisotopic (exact) mass is 685 g/mol. The second-order valence-corrected chi connectivity index (χ2v) is 16.0. The molecule has 0 radical (unpaired) electrons. The predicted octanol–water partition coefficient (Wildman–Crippen LogP) is 7.61. The maximum Gasteiger partial charge on any atom is 0.254 e. The molecule has 11 heteroatoms. The molecule has 0 spiro atoms. The Balaban J connectivity index is 0.000000211. The molecule has 0 N–H and O–H groups in total. The summed E-state index contributed by atoms with van der Waals surface area (Å²) >= 11 is 13.8. The van der Waals surface area contributed by atoms with Crippen LogP contribution in [-0.4, -0.2) is 43.8 Å². The Bertz CT molecular complexity index is 1790. The third kappa shape index (κ3) is 7.39. The fourth-order valence-electron chi connectivity index (χ4n) is 5.60. The molecule has 6 rings (SSSR count). The lowest BCUT2D eigenvalue weighted by molar-refractivity contribution is -0.165. The molecule has 3 aliphatic rings. The molecule has 1 heterocycles. The van der Waals surface area contributed by atoms with E-state index in [1.54, 1.807) is 0 Å². The molecule has 236 valence electrons. The first-order valence-electron chi connectivity index (χ1n) is 14.5. The average molecular weight is 687 g/mol. The van der Waals surface area contributed by atoms with Crippen LogP contribution in [0, 0.1) is 17.3 Å². The van der Waals surface area contributed by atoms with Crippen LogP contribution in [0.1, 0.15) is 49.0 Å². The van der Waals surface area contributed by atoms with Crippen molar-refractivity contribution in [1.29, 1.82) is 0 Å². The number of rotatable bonds is 7. The summed E-state index contributed by atoms with van der Waals surface area (Å²) in [7, 11) is -3.44. The zero-order valence-electron chi connectivity index (χ0n) is 25.1. The molecule has 3 aromatic rings. The Hall–Kier alpha value is -2.95. The molecular weight excluding hydrogens is 653 g/mol. The number of amides is 1. The van der Waals surface area contributed by atoms with Crippen molar-refractivity contribution in [2.75, 3.05) is 12.9 Å². The second kappa shape index (κ2) is 13.4. The number of carbonyl (C=O) groups excluding carboxylic acids is 3. The van der Waals surface area contributed by atoms with Crippen molar-refractivity contribution in [3.8, 4) is 0 Å². The van der Waals surface area contributed by atoms with Gasteiger partial charge in [-0.25, -0.2) is 13.5 Å². The topological polar surface area (TPSA) is 97.8 Å². The van der Waals surface area contributed by atoms with Crippen LogP contribution in [0.4, 0.5) is 0 Å². The first-order valence-corrected chi connectivity index (χ1v) is 18.0. The molecule has 1 saturated heterocycles. The van der Waals surface area contributed by atoms with Gasteiger partial charge < -0.3 is 0 Å². The maximum atomic E-state index is 13.4. The highest BCUT2D eigenvalue weighted by Gasteiger charge is 2.44. The number of allylic oxidation sites excluding steroid dienone is 2. The molecule has 3 aromatic carbocycles. The predicted molar refractivity (Wildman–Crippen MR) is 176 cm³/mol. The van der Waals surface area contributed by atoms with Crippen LogP contribution in [0.25, 0.3) is 0 Å². The van der Waals surface area contributed by atoms with Gasteiger partial charge in [0, 0.05) is 32.6 Å². The molecule has 1 aliphatic heterocycles. The van der Waals surface area contributed by atoms with Crippen molar-refractivity contribution in [3.63, 3.8) is 0 Å². The largest absolute Gasteiger partial charge is 0.294 e. The Morgan fingerprint density at radius 2 is 1.62 bits per heavy atom. The summed E-state index contributed by atoms with van der Waals surface area (Å²) in [4.78, 5) is 45.6. The first-order chi connectivity index (χ1) is 21.3. The minimum absolute atomic E-state index is 0.00687.